The third kappa shape index (κ3) is 6.94. The highest BCUT2D eigenvalue weighted by atomic mass is 32.1. The summed E-state index contributed by atoms with van der Waals surface area (Å²) in [5, 5.41) is 13.7. The van der Waals surface area contributed by atoms with Crippen LogP contribution in [0.5, 0.6) is 0 Å². The topological polar surface area (TPSA) is 127 Å². The lowest BCUT2D eigenvalue weighted by Crippen LogP contribution is -2.21. The normalized spacial score (nSPS) is 10.1. The molecule has 2 aromatic rings. The van der Waals surface area contributed by atoms with Gasteiger partial charge in [0.2, 0.25) is 11.0 Å². The molecule has 0 unspecified atom stereocenters. The van der Waals surface area contributed by atoms with Gasteiger partial charge in [0.1, 0.15) is 5.01 Å². The molecule has 9 nitrogen and oxygen atoms in total. The molecule has 142 valence electrons. The molecule has 0 fully saturated rings. The first kappa shape index (κ1) is 20.2. The molecule has 0 aliphatic heterocycles. The zero-order chi connectivity index (χ0) is 19.8. The van der Waals surface area contributed by atoms with Crippen LogP contribution in [0.25, 0.3) is 0 Å². The Hall–Kier alpha value is -3.14. The summed E-state index contributed by atoms with van der Waals surface area (Å²) in [7, 11) is 0. The van der Waals surface area contributed by atoms with Gasteiger partial charge in [-0.15, -0.1) is 10.2 Å². The molecule has 2 amide bonds. The van der Waals surface area contributed by atoms with Crippen LogP contribution in [0.2, 0.25) is 0 Å². The molecule has 1 aromatic heterocycles. The Bertz CT molecular complexity index is 847. The summed E-state index contributed by atoms with van der Waals surface area (Å²) in [5.41, 5.74) is 1.01. The highest BCUT2D eigenvalue weighted by Crippen LogP contribution is 2.14. The maximum atomic E-state index is 11.8. The predicted octanol–water partition coefficient (Wildman–Crippen LogP) is 1.95. The van der Waals surface area contributed by atoms with E-state index >= 15 is 0 Å². The molecule has 0 aliphatic rings. The first-order valence-corrected chi connectivity index (χ1v) is 8.81. The lowest BCUT2D eigenvalue weighted by Gasteiger charge is -2.07. The average molecular weight is 390 g/mol. The van der Waals surface area contributed by atoms with Crippen molar-refractivity contribution in [3.63, 3.8) is 0 Å². The van der Waals surface area contributed by atoms with E-state index in [4.69, 9.17) is 4.74 Å². The first-order valence-electron chi connectivity index (χ1n) is 8.00. The number of carbonyl (C=O) groups is 4. The number of hydrogen-bond acceptors (Lipinski definition) is 8. The number of ether oxygens (including phenoxy) is 1. The van der Waals surface area contributed by atoms with Crippen molar-refractivity contribution in [1.82, 2.24) is 10.2 Å². The van der Waals surface area contributed by atoms with E-state index in [1.54, 1.807) is 31.2 Å². The average Bonchev–Trinajstić information content (AvgIpc) is 3.03. The zero-order valence-corrected chi connectivity index (χ0v) is 15.6. The number of aromatic nitrogens is 2. The number of rotatable bonds is 8. The molecule has 0 atom stereocenters. The smallest absolute Gasteiger partial charge is 0.306 e. The lowest BCUT2D eigenvalue weighted by molar-refractivity contribution is -0.147. The minimum atomic E-state index is -0.666. The Morgan fingerprint density at radius 1 is 1.00 bits per heavy atom. The van der Waals surface area contributed by atoms with Gasteiger partial charge in [0.25, 0.3) is 5.91 Å². The largest absolute Gasteiger partial charge is 0.456 e. The second-order valence-corrected chi connectivity index (χ2v) is 6.70. The van der Waals surface area contributed by atoms with Crippen molar-refractivity contribution < 1.29 is 23.9 Å². The van der Waals surface area contributed by atoms with Crippen molar-refractivity contribution in [2.75, 3.05) is 17.2 Å². The summed E-state index contributed by atoms with van der Waals surface area (Å²) in [6.07, 6.45) is -0.254. The molecule has 0 bridgehead atoms. The van der Waals surface area contributed by atoms with E-state index in [-0.39, 0.29) is 18.6 Å². The predicted molar refractivity (Wildman–Crippen MR) is 98.5 cm³/mol. The van der Waals surface area contributed by atoms with E-state index < -0.39 is 24.4 Å². The molecule has 0 spiro atoms. The van der Waals surface area contributed by atoms with E-state index in [0.29, 0.717) is 21.4 Å². The summed E-state index contributed by atoms with van der Waals surface area (Å²) in [4.78, 5) is 46.3. The number of aryl methyl sites for hydroxylation is 1. The van der Waals surface area contributed by atoms with Crippen molar-refractivity contribution in [2.24, 2.45) is 0 Å². The zero-order valence-electron chi connectivity index (χ0n) is 14.8. The van der Waals surface area contributed by atoms with E-state index in [0.717, 1.165) is 0 Å². The van der Waals surface area contributed by atoms with E-state index in [9.17, 15) is 19.2 Å². The minimum Gasteiger partial charge on any atom is -0.456 e. The van der Waals surface area contributed by atoms with Crippen molar-refractivity contribution in [3.8, 4) is 0 Å². The van der Waals surface area contributed by atoms with Crippen LogP contribution < -0.4 is 10.6 Å². The first-order chi connectivity index (χ1) is 12.8. The van der Waals surface area contributed by atoms with Crippen LogP contribution in [0, 0.1) is 6.92 Å². The second-order valence-electron chi connectivity index (χ2n) is 5.52. The number of nitrogens with zero attached hydrogens (tertiary/aromatic N) is 2. The fourth-order valence-corrected chi connectivity index (χ4v) is 2.56. The number of ketones is 1. The summed E-state index contributed by atoms with van der Waals surface area (Å²) >= 11 is 1.23. The number of Topliss-reactive ketones (excluding diaryl/α,β-unsaturated/α-hetero) is 1. The van der Waals surface area contributed by atoms with Crippen LogP contribution in [0.15, 0.2) is 24.3 Å². The van der Waals surface area contributed by atoms with Gasteiger partial charge >= 0.3 is 5.97 Å². The molecule has 10 heteroatoms. The number of amides is 2. The quantitative estimate of drug-likeness (QED) is 0.521. The Balaban J connectivity index is 1.67. The van der Waals surface area contributed by atoms with Crippen LogP contribution in [0.1, 0.15) is 35.1 Å². The maximum absolute atomic E-state index is 11.8. The molecule has 0 saturated heterocycles. The molecule has 27 heavy (non-hydrogen) atoms. The maximum Gasteiger partial charge on any atom is 0.306 e. The van der Waals surface area contributed by atoms with Crippen molar-refractivity contribution in [3.05, 3.63) is 34.8 Å². The highest BCUT2D eigenvalue weighted by molar-refractivity contribution is 7.15. The fourth-order valence-electron chi connectivity index (χ4n) is 1.95. The summed E-state index contributed by atoms with van der Waals surface area (Å²) < 4.78 is 4.83. The Kier molecular flexibility index (Phi) is 7.12. The van der Waals surface area contributed by atoms with E-state index in [1.165, 1.54) is 18.3 Å². The Labute approximate surface area is 159 Å². The molecule has 0 saturated carbocycles. The summed E-state index contributed by atoms with van der Waals surface area (Å²) in [5.74, 6) is -1.65. The SMILES string of the molecule is CC(=O)c1ccc(NC(=O)COC(=O)CCC(=O)Nc2nnc(C)s2)cc1. The molecule has 1 heterocycles. The fraction of sp³-hybridized carbons (Fsp3) is 0.294. The van der Waals surface area contributed by atoms with Crippen LogP contribution in [0.4, 0.5) is 10.8 Å². The van der Waals surface area contributed by atoms with Gasteiger partial charge in [-0.25, -0.2) is 0 Å². The van der Waals surface area contributed by atoms with Gasteiger partial charge in [0.15, 0.2) is 12.4 Å². The van der Waals surface area contributed by atoms with Crippen molar-refractivity contribution in [1.29, 1.82) is 0 Å². The summed E-state index contributed by atoms with van der Waals surface area (Å²) in [6, 6.07) is 6.33. The van der Waals surface area contributed by atoms with E-state index in [1.807, 2.05) is 0 Å². The third-order valence-electron chi connectivity index (χ3n) is 3.27. The van der Waals surface area contributed by atoms with Crippen molar-refractivity contribution in [2.45, 2.75) is 26.7 Å². The number of benzene rings is 1. The Morgan fingerprint density at radius 2 is 1.70 bits per heavy atom. The van der Waals surface area contributed by atoms with Crippen LogP contribution >= 0.6 is 11.3 Å². The number of nitrogens with one attached hydrogen (secondary N) is 2. The Morgan fingerprint density at radius 3 is 2.30 bits per heavy atom. The molecule has 0 radical (unpaired) electrons. The van der Waals surface area contributed by atoms with Gasteiger partial charge < -0.3 is 15.4 Å². The van der Waals surface area contributed by atoms with Gasteiger partial charge in [-0.1, -0.05) is 11.3 Å². The third-order valence-corrected chi connectivity index (χ3v) is 4.02. The van der Waals surface area contributed by atoms with Crippen LogP contribution in [-0.2, 0) is 19.1 Å². The molecule has 2 N–H and O–H groups in total. The summed E-state index contributed by atoms with van der Waals surface area (Å²) in [6.45, 7) is 2.74. The molecule has 0 aliphatic carbocycles. The highest BCUT2D eigenvalue weighted by Gasteiger charge is 2.12. The number of esters is 1. The van der Waals surface area contributed by atoms with Crippen LogP contribution in [0.3, 0.4) is 0 Å². The number of hydrogen-bond donors (Lipinski definition) is 2. The van der Waals surface area contributed by atoms with Crippen molar-refractivity contribution >= 4 is 45.7 Å². The number of carbonyl (C=O) groups excluding carboxylic acids is 4. The van der Waals surface area contributed by atoms with Gasteiger partial charge in [-0.05, 0) is 38.1 Å². The molecule has 1 aromatic carbocycles. The minimum absolute atomic E-state index is 0.0768. The van der Waals surface area contributed by atoms with Gasteiger partial charge in [-0.2, -0.15) is 0 Å². The van der Waals surface area contributed by atoms with E-state index in [2.05, 4.69) is 20.8 Å². The second kappa shape index (κ2) is 9.53. The van der Waals surface area contributed by atoms with Gasteiger partial charge in [0, 0.05) is 17.7 Å². The molecule has 2 rings (SSSR count). The monoisotopic (exact) mass is 390 g/mol. The number of anilines is 2. The van der Waals surface area contributed by atoms with Gasteiger partial charge in [-0.3, -0.25) is 19.2 Å². The lowest BCUT2D eigenvalue weighted by atomic mass is 10.1. The van der Waals surface area contributed by atoms with Gasteiger partial charge in [0.05, 0.1) is 6.42 Å². The molecular formula is C17H18N4O5S. The molecular weight excluding hydrogens is 372 g/mol. The standard InChI is InChI=1S/C17H18N4O5S/c1-10(22)12-3-5-13(6-4-12)18-15(24)9-26-16(25)8-7-14(23)19-17-21-20-11(2)27-17/h3-6H,7-9H2,1-2H3,(H,18,24)(H,19,21,23). The van der Waals surface area contributed by atoms with Crippen LogP contribution in [-0.4, -0.2) is 40.4 Å².